The summed E-state index contributed by atoms with van der Waals surface area (Å²) in [7, 11) is 0. The third kappa shape index (κ3) is 4.96. The van der Waals surface area contributed by atoms with Crippen LogP contribution in [0, 0.1) is 13.8 Å². The number of amides is 1. The predicted octanol–water partition coefficient (Wildman–Crippen LogP) is 3.71. The van der Waals surface area contributed by atoms with E-state index in [2.05, 4.69) is 22.4 Å². The number of ketones is 1. The molecule has 1 heterocycles. The maximum atomic E-state index is 12.1. The van der Waals surface area contributed by atoms with Gasteiger partial charge in [0.2, 0.25) is 11.0 Å². The van der Waals surface area contributed by atoms with Crippen molar-refractivity contribution >= 4 is 28.2 Å². The Labute approximate surface area is 140 Å². The Hall–Kier alpha value is -2.08. The molecule has 0 unspecified atom stereocenters. The van der Waals surface area contributed by atoms with Gasteiger partial charge in [-0.3, -0.25) is 9.59 Å². The number of carbonyl (C=O) groups excluding carboxylic acids is 2. The second kappa shape index (κ2) is 7.97. The molecule has 6 heteroatoms. The SMILES string of the molecule is CCCc1nnc(NC(=O)CCC(=O)c2ccc(C)c(C)c2)s1. The van der Waals surface area contributed by atoms with Crippen LogP contribution in [0.3, 0.4) is 0 Å². The van der Waals surface area contributed by atoms with Crippen LogP contribution in [0.25, 0.3) is 0 Å². The first-order valence-corrected chi connectivity index (χ1v) is 8.54. The van der Waals surface area contributed by atoms with Crippen LogP contribution in [-0.2, 0) is 11.2 Å². The monoisotopic (exact) mass is 331 g/mol. The van der Waals surface area contributed by atoms with Crippen molar-refractivity contribution in [3.8, 4) is 0 Å². The van der Waals surface area contributed by atoms with E-state index >= 15 is 0 Å². The molecule has 1 amide bonds. The molecular weight excluding hydrogens is 310 g/mol. The van der Waals surface area contributed by atoms with E-state index < -0.39 is 0 Å². The van der Waals surface area contributed by atoms with Crippen LogP contribution in [0.2, 0.25) is 0 Å². The first-order chi connectivity index (χ1) is 11.0. The molecule has 0 saturated heterocycles. The number of carbonyl (C=O) groups is 2. The van der Waals surface area contributed by atoms with Crippen molar-refractivity contribution in [3.63, 3.8) is 0 Å². The van der Waals surface area contributed by atoms with Crippen LogP contribution < -0.4 is 5.32 Å². The summed E-state index contributed by atoms with van der Waals surface area (Å²) in [6.07, 6.45) is 2.19. The summed E-state index contributed by atoms with van der Waals surface area (Å²) in [4.78, 5) is 24.1. The molecule has 122 valence electrons. The summed E-state index contributed by atoms with van der Waals surface area (Å²) >= 11 is 1.38. The fraction of sp³-hybridized carbons (Fsp3) is 0.412. The van der Waals surface area contributed by atoms with E-state index in [0.717, 1.165) is 29.0 Å². The number of rotatable bonds is 7. The van der Waals surface area contributed by atoms with E-state index in [9.17, 15) is 9.59 Å². The number of nitrogens with one attached hydrogen (secondary N) is 1. The van der Waals surface area contributed by atoms with Crippen molar-refractivity contribution < 1.29 is 9.59 Å². The van der Waals surface area contributed by atoms with Crippen molar-refractivity contribution in [1.29, 1.82) is 0 Å². The van der Waals surface area contributed by atoms with Gasteiger partial charge >= 0.3 is 0 Å². The third-order valence-electron chi connectivity index (χ3n) is 3.59. The third-order valence-corrected chi connectivity index (χ3v) is 4.48. The zero-order valence-electron chi connectivity index (χ0n) is 13.7. The Bertz CT molecular complexity index is 710. The van der Waals surface area contributed by atoms with Crippen molar-refractivity contribution in [3.05, 3.63) is 39.9 Å². The number of hydrogen-bond acceptors (Lipinski definition) is 5. The minimum Gasteiger partial charge on any atom is -0.301 e. The molecule has 0 fully saturated rings. The van der Waals surface area contributed by atoms with Gasteiger partial charge in [0.05, 0.1) is 0 Å². The molecule has 0 aliphatic carbocycles. The zero-order valence-corrected chi connectivity index (χ0v) is 14.5. The van der Waals surface area contributed by atoms with Gasteiger partial charge in [-0.2, -0.15) is 0 Å². The summed E-state index contributed by atoms with van der Waals surface area (Å²) in [5, 5.41) is 12.0. The van der Waals surface area contributed by atoms with Crippen molar-refractivity contribution in [2.75, 3.05) is 5.32 Å². The fourth-order valence-electron chi connectivity index (χ4n) is 2.09. The van der Waals surface area contributed by atoms with Crippen molar-refractivity contribution in [2.24, 2.45) is 0 Å². The summed E-state index contributed by atoms with van der Waals surface area (Å²) < 4.78 is 0. The largest absolute Gasteiger partial charge is 0.301 e. The Balaban J connectivity index is 1.85. The molecule has 0 aliphatic heterocycles. The van der Waals surface area contributed by atoms with Crippen molar-refractivity contribution in [2.45, 2.75) is 46.5 Å². The van der Waals surface area contributed by atoms with Crippen LogP contribution in [0.1, 0.15) is 52.7 Å². The van der Waals surface area contributed by atoms with Gasteiger partial charge in [-0.1, -0.05) is 30.4 Å². The molecule has 0 aliphatic rings. The molecule has 1 aromatic carbocycles. The molecule has 1 aromatic heterocycles. The Morgan fingerprint density at radius 3 is 2.61 bits per heavy atom. The molecule has 0 saturated carbocycles. The smallest absolute Gasteiger partial charge is 0.226 e. The van der Waals surface area contributed by atoms with E-state index in [0.29, 0.717) is 10.7 Å². The molecule has 5 nitrogen and oxygen atoms in total. The van der Waals surface area contributed by atoms with Gasteiger partial charge in [0.25, 0.3) is 0 Å². The zero-order chi connectivity index (χ0) is 16.8. The van der Waals surface area contributed by atoms with Crippen LogP contribution in [0.15, 0.2) is 18.2 Å². The Morgan fingerprint density at radius 2 is 1.91 bits per heavy atom. The lowest BCUT2D eigenvalue weighted by molar-refractivity contribution is -0.116. The standard InChI is InChI=1S/C17H21N3O2S/c1-4-5-16-19-20-17(23-16)18-15(22)9-8-14(21)13-7-6-11(2)12(3)10-13/h6-7,10H,4-5,8-9H2,1-3H3,(H,18,20,22). The minimum atomic E-state index is -0.207. The minimum absolute atomic E-state index is 0.0211. The van der Waals surface area contributed by atoms with Crippen molar-refractivity contribution in [1.82, 2.24) is 10.2 Å². The topological polar surface area (TPSA) is 72.0 Å². The van der Waals surface area contributed by atoms with Gasteiger partial charge in [0.15, 0.2) is 5.78 Å². The molecular formula is C17H21N3O2S. The van der Waals surface area contributed by atoms with Gasteiger partial charge in [-0.05, 0) is 37.5 Å². The second-order valence-electron chi connectivity index (χ2n) is 5.52. The lowest BCUT2D eigenvalue weighted by atomic mass is 10.0. The number of hydrogen-bond donors (Lipinski definition) is 1. The summed E-state index contributed by atoms with van der Waals surface area (Å²) in [5.74, 6) is -0.228. The molecule has 23 heavy (non-hydrogen) atoms. The van der Waals surface area contributed by atoms with Crippen LogP contribution in [0.5, 0.6) is 0 Å². The van der Waals surface area contributed by atoms with Gasteiger partial charge in [0.1, 0.15) is 5.01 Å². The average Bonchev–Trinajstić information content (AvgIpc) is 2.95. The summed E-state index contributed by atoms with van der Waals surface area (Å²) in [5.41, 5.74) is 2.89. The predicted molar refractivity (Wildman–Crippen MR) is 92.0 cm³/mol. The first-order valence-electron chi connectivity index (χ1n) is 7.72. The average molecular weight is 331 g/mol. The van der Waals surface area contributed by atoms with Gasteiger partial charge in [-0.15, -0.1) is 10.2 Å². The number of benzene rings is 1. The van der Waals surface area contributed by atoms with E-state index in [1.807, 2.05) is 32.0 Å². The molecule has 1 N–H and O–H groups in total. The Kier molecular flexibility index (Phi) is 5.98. The lowest BCUT2D eigenvalue weighted by Crippen LogP contribution is -2.13. The molecule has 2 rings (SSSR count). The quantitative estimate of drug-likeness (QED) is 0.785. The first kappa shape index (κ1) is 17.3. The molecule has 0 atom stereocenters. The highest BCUT2D eigenvalue weighted by Gasteiger charge is 2.12. The normalized spacial score (nSPS) is 10.6. The van der Waals surface area contributed by atoms with E-state index in [4.69, 9.17) is 0 Å². The van der Waals surface area contributed by atoms with E-state index in [-0.39, 0.29) is 24.5 Å². The fourth-order valence-corrected chi connectivity index (χ4v) is 2.94. The number of aryl methyl sites for hydroxylation is 3. The number of anilines is 1. The number of Topliss-reactive ketones (excluding diaryl/α,β-unsaturated/α-hetero) is 1. The van der Waals surface area contributed by atoms with Crippen LogP contribution in [0.4, 0.5) is 5.13 Å². The number of aromatic nitrogens is 2. The lowest BCUT2D eigenvalue weighted by Gasteiger charge is -2.04. The summed E-state index contributed by atoms with van der Waals surface area (Å²) in [6, 6.07) is 5.61. The number of nitrogens with zero attached hydrogens (tertiary/aromatic N) is 2. The molecule has 0 bridgehead atoms. The summed E-state index contributed by atoms with van der Waals surface area (Å²) in [6.45, 7) is 6.05. The Morgan fingerprint density at radius 1 is 1.13 bits per heavy atom. The highest BCUT2D eigenvalue weighted by Crippen LogP contribution is 2.17. The maximum Gasteiger partial charge on any atom is 0.226 e. The van der Waals surface area contributed by atoms with Gasteiger partial charge in [0, 0.05) is 24.8 Å². The van der Waals surface area contributed by atoms with E-state index in [1.54, 1.807) is 0 Å². The second-order valence-corrected chi connectivity index (χ2v) is 6.58. The molecule has 2 aromatic rings. The highest BCUT2D eigenvalue weighted by atomic mass is 32.1. The maximum absolute atomic E-state index is 12.1. The molecule has 0 radical (unpaired) electrons. The van der Waals surface area contributed by atoms with Gasteiger partial charge < -0.3 is 5.32 Å². The van der Waals surface area contributed by atoms with Crippen LogP contribution in [-0.4, -0.2) is 21.9 Å². The van der Waals surface area contributed by atoms with E-state index in [1.165, 1.54) is 11.3 Å². The molecule has 0 spiro atoms. The van der Waals surface area contributed by atoms with Gasteiger partial charge in [-0.25, -0.2) is 0 Å². The highest BCUT2D eigenvalue weighted by molar-refractivity contribution is 7.15. The van der Waals surface area contributed by atoms with Crippen LogP contribution >= 0.6 is 11.3 Å².